The van der Waals surface area contributed by atoms with Crippen LogP contribution in [0.1, 0.15) is 21.5 Å². The number of esters is 1. The monoisotopic (exact) mass is 318 g/mol. The summed E-state index contributed by atoms with van der Waals surface area (Å²) in [6, 6.07) is 17.5. The maximum absolute atomic E-state index is 11.5. The minimum Gasteiger partial charge on any atom is -0.465 e. The quantitative estimate of drug-likeness (QED) is 0.531. The van der Waals surface area contributed by atoms with Crippen molar-refractivity contribution in [3.8, 4) is 5.69 Å². The highest BCUT2D eigenvalue weighted by Gasteiger charge is 2.06. The molecule has 0 amide bonds. The van der Waals surface area contributed by atoms with Crippen LogP contribution in [0.5, 0.6) is 0 Å². The predicted octanol–water partition coefficient (Wildman–Crippen LogP) is 4.32. The molecule has 3 rings (SSSR count). The second-order valence-electron chi connectivity index (χ2n) is 5.44. The predicted molar refractivity (Wildman–Crippen MR) is 95.5 cm³/mol. The van der Waals surface area contributed by atoms with Gasteiger partial charge in [0, 0.05) is 29.9 Å². The molecule has 0 radical (unpaired) electrons. The lowest BCUT2D eigenvalue weighted by Crippen LogP contribution is -2.00. The summed E-state index contributed by atoms with van der Waals surface area (Å²) in [5, 5.41) is 0. The summed E-state index contributed by atoms with van der Waals surface area (Å²) in [4.78, 5) is 16.0. The molecule has 1 heterocycles. The van der Waals surface area contributed by atoms with Gasteiger partial charge in [-0.25, -0.2) is 4.79 Å². The SMILES string of the molecule is COC(=O)c1ccc(N=Cc2ccn(-c3ccccc3)c2)c(C)c1. The topological polar surface area (TPSA) is 43.6 Å². The average molecular weight is 318 g/mol. The number of aliphatic imine (C=N–C) groups is 1. The van der Waals surface area contributed by atoms with Gasteiger partial charge in [0.15, 0.2) is 0 Å². The minimum absolute atomic E-state index is 0.339. The first-order valence-corrected chi connectivity index (χ1v) is 7.64. The number of carbonyl (C=O) groups is 1. The van der Waals surface area contributed by atoms with Crippen LogP contribution in [0.25, 0.3) is 5.69 Å². The van der Waals surface area contributed by atoms with Crippen LogP contribution in [-0.2, 0) is 4.74 Å². The van der Waals surface area contributed by atoms with Gasteiger partial charge >= 0.3 is 5.97 Å². The molecule has 0 saturated heterocycles. The van der Waals surface area contributed by atoms with Crippen molar-refractivity contribution in [2.45, 2.75) is 6.92 Å². The molecule has 3 aromatic rings. The molecule has 0 unspecified atom stereocenters. The molecular formula is C20H18N2O2. The molecule has 24 heavy (non-hydrogen) atoms. The van der Waals surface area contributed by atoms with E-state index in [1.807, 2.05) is 55.9 Å². The van der Waals surface area contributed by atoms with Gasteiger partial charge in [-0.3, -0.25) is 4.99 Å². The van der Waals surface area contributed by atoms with Crippen molar-refractivity contribution >= 4 is 17.9 Å². The van der Waals surface area contributed by atoms with Crippen molar-refractivity contribution in [2.75, 3.05) is 7.11 Å². The molecule has 0 N–H and O–H groups in total. The van der Waals surface area contributed by atoms with E-state index in [9.17, 15) is 4.79 Å². The molecule has 0 bridgehead atoms. The Morgan fingerprint density at radius 3 is 2.62 bits per heavy atom. The average Bonchev–Trinajstić information content (AvgIpc) is 3.09. The van der Waals surface area contributed by atoms with Crippen LogP contribution in [0, 0.1) is 6.92 Å². The molecule has 4 heteroatoms. The highest BCUT2D eigenvalue weighted by molar-refractivity contribution is 5.90. The van der Waals surface area contributed by atoms with Gasteiger partial charge in [0.05, 0.1) is 18.4 Å². The smallest absolute Gasteiger partial charge is 0.337 e. The summed E-state index contributed by atoms with van der Waals surface area (Å²) in [7, 11) is 1.38. The van der Waals surface area contributed by atoms with E-state index in [1.165, 1.54) is 7.11 Å². The number of methoxy groups -OCH3 is 1. The maximum Gasteiger partial charge on any atom is 0.337 e. The summed E-state index contributed by atoms with van der Waals surface area (Å²) < 4.78 is 6.78. The van der Waals surface area contributed by atoms with Crippen LogP contribution in [-0.4, -0.2) is 23.9 Å². The van der Waals surface area contributed by atoms with Crippen molar-refractivity contribution in [1.82, 2.24) is 4.57 Å². The Bertz CT molecular complexity index is 880. The van der Waals surface area contributed by atoms with Crippen LogP contribution in [0.4, 0.5) is 5.69 Å². The number of aromatic nitrogens is 1. The molecular weight excluding hydrogens is 300 g/mol. The van der Waals surface area contributed by atoms with Gasteiger partial charge in [0.25, 0.3) is 0 Å². The lowest BCUT2D eigenvalue weighted by Gasteiger charge is -2.03. The highest BCUT2D eigenvalue weighted by atomic mass is 16.5. The van der Waals surface area contributed by atoms with Crippen molar-refractivity contribution in [1.29, 1.82) is 0 Å². The number of nitrogens with zero attached hydrogens (tertiary/aromatic N) is 2. The van der Waals surface area contributed by atoms with Crippen LogP contribution in [0.15, 0.2) is 72.0 Å². The van der Waals surface area contributed by atoms with Gasteiger partial charge < -0.3 is 9.30 Å². The Morgan fingerprint density at radius 1 is 1.12 bits per heavy atom. The standard InChI is InChI=1S/C20H18N2O2/c1-15-12-17(20(23)24-2)8-9-19(15)21-13-16-10-11-22(14-16)18-6-4-3-5-7-18/h3-14H,1-2H3. The summed E-state index contributed by atoms with van der Waals surface area (Å²) >= 11 is 0. The van der Waals surface area contributed by atoms with E-state index in [2.05, 4.69) is 21.7 Å². The first-order chi connectivity index (χ1) is 11.7. The molecule has 0 fully saturated rings. The third kappa shape index (κ3) is 3.43. The fraction of sp³-hybridized carbons (Fsp3) is 0.100. The number of hydrogen-bond donors (Lipinski definition) is 0. The molecule has 4 nitrogen and oxygen atoms in total. The number of hydrogen-bond acceptors (Lipinski definition) is 3. The van der Waals surface area contributed by atoms with E-state index < -0.39 is 0 Å². The zero-order chi connectivity index (χ0) is 16.9. The summed E-state index contributed by atoms with van der Waals surface area (Å²) in [5.41, 5.74) is 4.40. The van der Waals surface area contributed by atoms with Gasteiger partial charge in [-0.2, -0.15) is 0 Å². The first-order valence-electron chi connectivity index (χ1n) is 7.64. The van der Waals surface area contributed by atoms with Gasteiger partial charge in [-0.1, -0.05) is 18.2 Å². The number of rotatable bonds is 4. The zero-order valence-corrected chi connectivity index (χ0v) is 13.6. The van der Waals surface area contributed by atoms with Crippen LogP contribution >= 0.6 is 0 Å². The van der Waals surface area contributed by atoms with Crippen molar-refractivity contribution < 1.29 is 9.53 Å². The van der Waals surface area contributed by atoms with Gasteiger partial charge in [0.2, 0.25) is 0 Å². The normalized spacial score (nSPS) is 10.9. The number of benzene rings is 2. The van der Waals surface area contributed by atoms with E-state index in [4.69, 9.17) is 4.74 Å². The number of carbonyl (C=O) groups excluding carboxylic acids is 1. The number of ether oxygens (including phenoxy) is 1. The second-order valence-corrected chi connectivity index (χ2v) is 5.44. The molecule has 1 aromatic heterocycles. The van der Waals surface area contributed by atoms with Gasteiger partial charge in [0.1, 0.15) is 0 Å². The Hall–Kier alpha value is -3.14. The van der Waals surface area contributed by atoms with E-state index in [1.54, 1.807) is 12.1 Å². The molecule has 120 valence electrons. The lowest BCUT2D eigenvalue weighted by molar-refractivity contribution is 0.0600. The molecule has 2 aromatic carbocycles. The molecule has 0 spiro atoms. The maximum atomic E-state index is 11.5. The number of para-hydroxylation sites is 1. The summed E-state index contributed by atoms with van der Waals surface area (Å²) in [5.74, 6) is -0.339. The Morgan fingerprint density at radius 2 is 1.92 bits per heavy atom. The lowest BCUT2D eigenvalue weighted by atomic mass is 10.1. The Balaban J connectivity index is 1.79. The largest absolute Gasteiger partial charge is 0.465 e. The third-order valence-corrected chi connectivity index (χ3v) is 3.74. The highest BCUT2D eigenvalue weighted by Crippen LogP contribution is 2.20. The fourth-order valence-electron chi connectivity index (χ4n) is 2.44. The van der Waals surface area contributed by atoms with Crippen LogP contribution < -0.4 is 0 Å². The van der Waals surface area contributed by atoms with Crippen molar-refractivity contribution in [2.24, 2.45) is 4.99 Å². The van der Waals surface area contributed by atoms with E-state index in [0.717, 1.165) is 22.5 Å². The van der Waals surface area contributed by atoms with E-state index >= 15 is 0 Å². The fourth-order valence-corrected chi connectivity index (χ4v) is 2.44. The minimum atomic E-state index is -0.339. The van der Waals surface area contributed by atoms with Gasteiger partial charge in [-0.15, -0.1) is 0 Å². The zero-order valence-electron chi connectivity index (χ0n) is 13.6. The Labute approximate surface area is 141 Å². The molecule has 0 saturated carbocycles. The van der Waals surface area contributed by atoms with Gasteiger partial charge in [-0.05, 0) is 48.9 Å². The van der Waals surface area contributed by atoms with E-state index in [0.29, 0.717) is 5.56 Å². The van der Waals surface area contributed by atoms with Crippen LogP contribution in [0.2, 0.25) is 0 Å². The van der Waals surface area contributed by atoms with Crippen LogP contribution in [0.3, 0.4) is 0 Å². The summed E-state index contributed by atoms with van der Waals surface area (Å²) in [6.45, 7) is 1.92. The molecule has 0 atom stereocenters. The second kappa shape index (κ2) is 6.96. The first kappa shape index (κ1) is 15.7. The third-order valence-electron chi connectivity index (χ3n) is 3.74. The Kier molecular flexibility index (Phi) is 4.57. The van der Waals surface area contributed by atoms with Crippen molar-refractivity contribution in [3.63, 3.8) is 0 Å². The molecule has 0 aliphatic rings. The molecule has 0 aliphatic carbocycles. The number of aryl methyl sites for hydroxylation is 1. The van der Waals surface area contributed by atoms with Crippen molar-refractivity contribution in [3.05, 3.63) is 83.7 Å². The molecule has 0 aliphatic heterocycles. The van der Waals surface area contributed by atoms with E-state index in [-0.39, 0.29) is 5.97 Å². The summed E-state index contributed by atoms with van der Waals surface area (Å²) in [6.07, 6.45) is 5.85.